The number of nitrogens with zero attached hydrogens (tertiary/aromatic N) is 1. The van der Waals surface area contributed by atoms with Gasteiger partial charge in [-0.3, -0.25) is 4.79 Å². The number of carbonyl (C=O) groups is 1. The lowest BCUT2D eigenvalue weighted by molar-refractivity contribution is -0.139. The van der Waals surface area contributed by atoms with Gasteiger partial charge < -0.3 is 10.1 Å². The van der Waals surface area contributed by atoms with E-state index in [0.717, 1.165) is 24.1 Å². The first-order valence-electron chi connectivity index (χ1n) is 5.48. The van der Waals surface area contributed by atoms with Crippen LogP contribution in [0, 0.1) is 0 Å². The largest absolute Gasteiger partial charge is 0.481 e. The molecule has 1 aromatic rings. The Morgan fingerprint density at radius 3 is 3.00 bits per heavy atom. The van der Waals surface area contributed by atoms with Gasteiger partial charge in [0.05, 0.1) is 11.6 Å². The molecule has 2 rings (SSSR count). The number of carboxylic acid groups (broad SMARTS) is 1. The fourth-order valence-electron chi connectivity index (χ4n) is 2.33. The molecule has 1 unspecified atom stereocenters. The molecule has 5 heteroatoms. The van der Waals surface area contributed by atoms with Gasteiger partial charge in [-0.15, -0.1) is 0 Å². The summed E-state index contributed by atoms with van der Waals surface area (Å²) in [5.74, 6) is -1.34. The minimum atomic E-state index is -0.829. The molecule has 0 bridgehead atoms. The Kier molecular flexibility index (Phi) is 2.77. The lowest BCUT2D eigenvalue weighted by atomic mass is 9.84. The highest BCUT2D eigenvalue weighted by atomic mass is 16.4. The van der Waals surface area contributed by atoms with E-state index in [1.165, 1.54) is 0 Å². The van der Waals surface area contributed by atoms with Crippen molar-refractivity contribution in [2.75, 3.05) is 0 Å². The van der Waals surface area contributed by atoms with Crippen LogP contribution in [0.4, 0.5) is 0 Å². The molecule has 0 fully saturated rings. The Labute approximate surface area is 92.5 Å². The Bertz CT molecular complexity index is 458. The Morgan fingerprint density at radius 2 is 2.38 bits per heavy atom. The van der Waals surface area contributed by atoms with Gasteiger partial charge in [0.15, 0.2) is 0 Å². The van der Waals surface area contributed by atoms with Gasteiger partial charge in [-0.2, -0.15) is 4.98 Å². The number of rotatable bonds is 2. The molecule has 16 heavy (non-hydrogen) atoms. The third kappa shape index (κ3) is 1.73. The summed E-state index contributed by atoms with van der Waals surface area (Å²) in [5.41, 5.74) is 1.75. The van der Waals surface area contributed by atoms with Crippen LogP contribution in [0.15, 0.2) is 4.79 Å². The van der Waals surface area contributed by atoms with Crippen molar-refractivity contribution in [3.63, 3.8) is 0 Å². The van der Waals surface area contributed by atoms with E-state index in [0.29, 0.717) is 18.5 Å². The first kappa shape index (κ1) is 10.9. The Hall–Kier alpha value is -1.65. The molecule has 0 saturated carbocycles. The van der Waals surface area contributed by atoms with Crippen molar-refractivity contribution in [2.24, 2.45) is 0 Å². The summed E-state index contributed by atoms with van der Waals surface area (Å²) in [5, 5.41) is 9.15. The second kappa shape index (κ2) is 4.08. The van der Waals surface area contributed by atoms with E-state index in [1.807, 2.05) is 6.92 Å². The van der Waals surface area contributed by atoms with Gasteiger partial charge in [0.2, 0.25) is 0 Å². The summed E-state index contributed by atoms with van der Waals surface area (Å²) in [7, 11) is 0. The zero-order valence-corrected chi connectivity index (χ0v) is 9.12. The molecule has 1 atom stereocenters. The van der Waals surface area contributed by atoms with Gasteiger partial charge in [0, 0.05) is 11.3 Å². The number of nitrogens with one attached hydrogen (secondary N) is 1. The van der Waals surface area contributed by atoms with Gasteiger partial charge in [-0.25, -0.2) is 4.79 Å². The predicted octanol–water partition coefficient (Wildman–Crippen LogP) is 0.837. The van der Waals surface area contributed by atoms with Crippen LogP contribution < -0.4 is 5.69 Å². The van der Waals surface area contributed by atoms with Crippen LogP contribution in [0.3, 0.4) is 0 Å². The summed E-state index contributed by atoms with van der Waals surface area (Å²) in [4.78, 5) is 29.0. The Balaban J connectivity index is 2.61. The molecule has 0 saturated heterocycles. The highest BCUT2D eigenvalue weighted by Crippen LogP contribution is 2.31. The van der Waals surface area contributed by atoms with Crippen molar-refractivity contribution in [2.45, 2.75) is 38.5 Å². The second-order valence-electron chi connectivity index (χ2n) is 4.02. The monoisotopic (exact) mass is 222 g/mol. The van der Waals surface area contributed by atoms with Crippen LogP contribution in [0.1, 0.15) is 42.6 Å². The van der Waals surface area contributed by atoms with Crippen molar-refractivity contribution >= 4 is 5.97 Å². The van der Waals surface area contributed by atoms with Crippen molar-refractivity contribution in [1.82, 2.24) is 9.97 Å². The summed E-state index contributed by atoms with van der Waals surface area (Å²) in [6, 6.07) is 0. The smallest absolute Gasteiger partial charge is 0.345 e. The number of hydrogen-bond acceptors (Lipinski definition) is 3. The lowest BCUT2D eigenvalue weighted by Crippen LogP contribution is -2.26. The van der Waals surface area contributed by atoms with Gasteiger partial charge in [-0.05, 0) is 25.7 Å². The normalized spacial score (nSPS) is 19.2. The number of aromatic nitrogens is 2. The van der Waals surface area contributed by atoms with E-state index in [4.69, 9.17) is 5.11 Å². The first-order chi connectivity index (χ1) is 7.63. The van der Waals surface area contributed by atoms with Crippen LogP contribution in [0.5, 0.6) is 0 Å². The molecule has 0 aliphatic heterocycles. The third-order valence-corrected chi connectivity index (χ3v) is 3.03. The minimum absolute atomic E-state index is 0.373. The molecule has 86 valence electrons. The third-order valence-electron chi connectivity index (χ3n) is 3.03. The maximum absolute atomic E-state index is 11.3. The summed E-state index contributed by atoms with van der Waals surface area (Å²) in [6.07, 6.45) is 2.76. The van der Waals surface area contributed by atoms with Crippen LogP contribution in [-0.4, -0.2) is 21.0 Å². The standard InChI is InChI=1S/C11H14N2O3/c1-2-7-9-6(10(14)15)4-3-5-8(9)13-11(16)12-7/h6H,2-5H2,1H3,(H,14,15)(H,12,13,16). The average molecular weight is 222 g/mol. The molecule has 0 spiro atoms. The van der Waals surface area contributed by atoms with E-state index in [1.54, 1.807) is 0 Å². The van der Waals surface area contributed by atoms with Crippen LogP contribution in [-0.2, 0) is 17.6 Å². The van der Waals surface area contributed by atoms with Gasteiger partial charge in [0.25, 0.3) is 0 Å². The fourth-order valence-corrected chi connectivity index (χ4v) is 2.33. The average Bonchev–Trinajstić information content (AvgIpc) is 2.26. The summed E-state index contributed by atoms with van der Waals surface area (Å²) < 4.78 is 0. The second-order valence-corrected chi connectivity index (χ2v) is 4.02. The zero-order chi connectivity index (χ0) is 11.7. The number of aryl methyl sites for hydroxylation is 2. The van der Waals surface area contributed by atoms with E-state index in [9.17, 15) is 9.59 Å². The molecule has 1 heterocycles. The van der Waals surface area contributed by atoms with Crippen molar-refractivity contribution < 1.29 is 9.90 Å². The van der Waals surface area contributed by atoms with E-state index in [2.05, 4.69) is 9.97 Å². The summed E-state index contributed by atoms with van der Waals surface area (Å²) in [6.45, 7) is 1.88. The highest BCUT2D eigenvalue weighted by molar-refractivity contribution is 5.77. The topological polar surface area (TPSA) is 83.0 Å². The maximum Gasteiger partial charge on any atom is 0.345 e. The van der Waals surface area contributed by atoms with Gasteiger partial charge >= 0.3 is 11.7 Å². The maximum atomic E-state index is 11.3. The molecule has 1 aliphatic carbocycles. The number of carboxylic acids is 1. The molecule has 5 nitrogen and oxygen atoms in total. The highest BCUT2D eigenvalue weighted by Gasteiger charge is 2.29. The van der Waals surface area contributed by atoms with E-state index >= 15 is 0 Å². The molecular formula is C11H14N2O3. The first-order valence-corrected chi connectivity index (χ1v) is 5.48. The van der Waals surface area contributed by atoms with Crippen molar-refractivity contribution in [3.8, 4) is 0 Å². The van der Waals surface area contributed by atoms with Crippen molar-refractivity contribution in [1.29, 1.82) is 0 Å². The van der Waals surface area contributed by atoms with E-state index < -0.39 is 11.9 Å². The molecule has 0 aromatic carbocycles. The molecule has 0 radical (unpaired) electrons. The fraction of sp³-hybridized carbons (Fsp3) is 0.545. The molecule has 0 amide bonds. The number of hydrogen-bond donors (Lipinski definition) is 2. The number of fused-ring (bicyclic) bond motifs is 1. The van der Waals surface area contributed by atoms with Gasteiger partial charge in [-0.1, -0.05) is 6.92 Å². The predicted molar refractivity (Wildman–Crippen MR) is 57.6 cm³/mol. The van der Waals surface area contributed by atoms with Crippen LogP contribution in [0.2, 0.25) is 0 Å². The molecule has 1 aliphatic rings. The Morgan fingerprint density at radius 1 is 1.62 bits per heavy atom. The number of H-pyrrole nitrogens is 1. The summed E-state index contributed by atoms with van der Waals surface area (Å²) >= 11 is 0. The van der Waals surface area contributed by atoms with Crippen LogP contribution >= 0.6 is 0 Å². The number of aromatic amines is 1. The SMILES string of the molecule is CCc1nc(=O)[nH]c2c1C(C(=O)O)CCC2. The quantitative estimate of drug-likeness (QED) is 0.776. The van der Waals surface area contributed by atoms with E-state index in [-0.39, 0.29) is 5.69 Å². The molecule has 2 N–H and O–H groups in total. The number of aliphatic carboxylic acids is 1. The molecule has 1 aromatic heterocycles. The molecular weight excluding hydrogens is 208 g/mol. The van der Waals surface area contributed by atoms with Crippen molar-refractivity contribution in [3.05, 3.63) is 27.4 Å². The minimum Gasteiger partial charge on any atom is -0.481 e. The van der Waals surface area contributed by atoms with Crippen LogP contribution in [0.25, 0.3) is 0 Å². The zero-order valence-electron chi connectivity index (χ0n) is 9.12. The lowest BCUT2D eigenvalue weighted by Gasteiger charge is -2.23. The van der Waals surface area contributed by atoms with Gasteiger partial charge in [0.1, 0.15) is 0 Å².